The molecule has 1 heterocycles. The Morgan fingerprint density at radius 1 is 1.22 bits per heavy atom. The third-order valence-corrected chi connectivity index (χ3v) is 3.10. The summed E-state index contributed by atoms with van der Waals surface area (Å²) in [5.74, 6) is 1.15. The summed E-state index contributed by atoms with van der Waals surface area (Å²) in [5.41, 5.74) is 2.71. The van der Waals surface area contributed by atoms with Crippen LogP contribution in [0, 0.1) is 0 Å². The van der Waals surface area contributed by atoms with Gasteiger partial charge < -0.3 is 9.88 Å². The molecule has 1 aromatic carbocycles. The zero-order valence-electron chi connectivity index (χ0n) is 11.2. The number of hydrogen-bond acceptors (Lipinski definition) is 2. The van der Waals surface area contributed by atoms with Crippen LogP contribution < -0.4 is 5.32 Å². The highest BCUT2D eigenvalue weighted by molar-refractivity contribution is 5.29. The van der Waals surface area contributed by atoms with Crippen molar-refractivity contribution in [1.82, 2.24) is 14.9 Å². The summed E-state index contributed by atoms with van der Waals surface area (Å²) in [4.78, 5) is 4.47. The van der Waals surface area contributed by atoms with E-state index in [9.17, 15) is 0 Å². The molecule has 3 nitrogen and oxygen atoms in total. The van der Waals surface area contributed by atoms with E-state index >= 15 is 0 Å². The summed E-state index contributed by atoms with van der Waals surface area (Å²) in [7, 11) is 1.98. The van der Waals surface area contributed by atoms with Gasteiger partial charge in [-0.2, -0.15) is 0 Å². The van der Waals surface area contributed by atoms with Crippen LogP contribution in [0.15, 0.2) is 36.7 Å². The van der Waals surface area contributed by atoms with E-state index in [2.05, 4.69) is 52.3 Å². The fraction of sp³-hybridized carbons (Fsp3) is 0.400. The van der Waals surface area contributed by atoms with Crippen molar-refractivity contribution in [3.05, 3.63) is 53.6 Å². The van der Waals surface area contributed by atoms with Gasteiger partial charge in [-0.25, -0.2) is 4.98 Å². The first-order valence-corrected chi connectivity index (χ1v) is 6.56. The standard InChI is InChI=1S/C15H21N3/c1-3-9-18-10-8-17-15(18)11-13-6-4-5-7-14(13)12-16-2/h4-8,10,16H,3,9,11-12H2,1-2H3. The highest BCUT2D eigenvalue weighted by Gasteiger charge is 2.06. The summed E-state index contributed by atoms with van der Waals surface area (Å²) >= 11 is 0. The molecule has 0 saturated carbocycles. The van der Waals surface area contributed by atoms with Gasteiger partial charge in [0.05, 0.1) is 0 Å². The van der Waals surface area contributed by atoms with Crippen LogP contribution >= 0.6 is 0 Å². The summed E-state index contributed by atoms with van der Waals surface area (Å²) in [6.07, 6.45) is 6.01. The SMILES string of the molecule is CCCn1ccnc1Cc1ccccc1CNC. The van der Waals surface area contributed by atoms with E-state index in [1.54, 1.807) is 0 Å². The summed E-state index contributed by atoms with van der Waals surface area (Å²) < 4.78 is 2.25. The normalized spacial score (nSPS) is 10.8. The van der Waals surface area contributed by atoms with Crippen LogP contribution in [-0.2, 0) is 19.5 Å². The maximum absolute atomic E-state index is 4.47. The maximum atomic E-state index is 4.47. The van der Waals surface area contributed by atoms with Crippen molar-refractivity contribution in [2.75, 3.05) is 7.05 Å². The molecular formula is C15H21N3. The molecule has 0 aliphatic heterocycles. The third kappa shape index (κ3) is 2.99. The van der Waals surface area contributed by atoms with Crippen molar-refractivity contribution in [3.8, 4) is 0 Å². The van der Waals surface area contributed by atoms with E-state index in [1.165, 1.54) is 11.1 Å². The molecule has 96 valence electrons. The van der Waals surface area contributed by atoms with Crippen LogP contribution in [0.2, 0.25) is 0 Å². The third-order valence-electron chi connectivity index (χ3n) is 3.10. The largest absolute Gasteiger partial charge is 0.335 e. The topological polar surface area (TPSA) is 29.9 Å². The second-order valence-electron chi connectivity index (χ2n) is 4.51. The van der Waals surface area contributed by atoms with Gasteiger partial charge in [0.25, 0.3) is 0 Å². The van der Waals surface area contributed by atoms with Gasteiger partial charge in [-0.15, -0.1) is 0 Å². The van der Waals surface area contributed by atoms with Crippen molar-refractivity contribution in [1.29, 1.82) is 0 Å². The van der Waals surface area contributed by atoms with Crippen molar-refractivity contribution >= 4 is 0 Å². The number of nitrogens with zero attached hydrogens (tertiary/aromatic N) is 2. The lowest BCUT2D eigenvalue weighted by Gasteiger charge is -2.10. The van der Waals surface area contributed by atoms with Crippen molar-refractivity contribution in [2.24, 2.45) is 0 Å². The summed E-state index contributed by atoms with van der Waals surface area (Å²) in [5, 5.41) is 3.22. The molecule has 2 rings (SSSR count). The number of aryl methyl sites for hydroxylation is 1. The molecule has 2 aromatic rings. The van der Waals surface area contributed by atoms with E-state index in [0.29, 0.717) is 0 Å². The lowest BCUT2D eigenvalue weighted by Crippen LogP contribution is -2.10. The number of hydrogen-bond donors (Lipinski definition) is 1. The summed E-state index contributed by atoms with van der Waals surface area (Å²) in [6.45, 7) is 4.15. The minimum Gasteiger partial charge on any atom is -0.335 e. The lowest BCUT2D eigenvalue weighted by atomic mass is 10.0. The minimum absolute atomic E-state index is 0.907. The van der Waals surface area contributed by atoms with E-state index in [4.69, 9.17) is 0 Å². The van der Waals surface area contributed by atoms with Crippen molar-refractivity contribution < 1.29 is 0 Å². The van der Waals surface area contributed by atoms with E-state index in [0.717, 1.165) is 31.8 Å². The van der Waals surface area contributed by atoms with E-state index in [1.807, 2.05) is 13.2 Å². The Hall–Kier alpha value is -1.61. The van der Waals surface area contributed by atoms with Gasteiger partial charge in [0.15, 0.2) is 0 Å². The maximum Gasteiger partial charge on any atom is 0.113 e. The molecule has 0 unspecified atom stereocenters. The Balaban J connectivity index is 2.20. The molecule has 0 radical (unpaired) electrons. The number of nitrogens with one attached hydrogen (secondary N) is 1. The van der Waals surface area contributed by atoms with E-state index in [-0.39, 0.29) is 0 Å². The highest BCUT2D eigenvalue weighted by atomic mass is 15.1. The predicted molar refractivity (Wildman–Crippen MR) is 74.5 cm³/mol. The van der Waals surface area contributed by atoms with Gasteiger partial charge in [-0.05, 0) is 24.6 Å². The molecule has 0 atom stereocenters. The first-order valence-electron chi connectivity index (χ1n) is 6.56. The molecule has 0 spiro atoms. The Kier molecular flexibility index (Phi) is 4.53. The van der Waals surface area contributed by atoms with Gasteiger partial charge in [-0.3, -0.25) is 0 Å². The van der Waals surface area contributed by atoms with Crippen molar-refractivity contribution in [2.45, 2.75) is 32.9 Å². The molecule has 18 heavy (non-hydrogen) atoms. The minimum atomic E-state index is 0.907. The first kappa shape index (κ1) is 12.8. The monoisotopic (exact) mass is 243 g/mol. The number of benzene rings is 1. The van der Waals surface area contributed by atoms with Gasteiger partial charge in [0.2, 0.25) is 0 Å². The Labute approximate surface area is 109 Å². The molecule has 0 amide bonds. The Morgan fingerprint density at radius 3 is 2.72 bits per heavy atom. The van der Waals surface area contributed by atoms with Crippen LogP contribution in [0.5, 0.6) is 0 Å². The lowest BCUT2D eigenvalue weighted by molar-refractivity contribution is 0.645. The second kappa shape index (κ2) is 6.36. The fourth-order valence-corrected chi connectivity index (χ4v) is 2.21. The molecule has 0 aliphatic rings. The molecular weight excluding hydrogens is 222 g/mol. The fourth-order valence-electron chi connectivity index (χ4n) is 2.21. The molecule has 1 aromatic heterocycles. The Bertz CT molecular complexity index is 488. The molecule has 0 bridgehead atoms. The second-order valence-corrected chi connectivity index (χ2v) is 4.51. The van der Waals surface area contributed by atoms with Crippen LogP contribution in [0.4, 0.5) is 0 Å². The van der Waals surface area contributed by atoms with Crippen molar-refractivity contribution in [3.63, 3.8) is 0 Å². The zero-order chi connectivity index (χ0) is 12.8. The van der Waals surface area contributed by atoms with Gasteiger partial charge in [0, 0.05) is 31.9 Å². The molecule has 1 N–H and O–H groups in total. The average molecular weight is 243 g/mol. The van der Waals surface area contributed by atoms with Gasteiger partial charge in [0.1, 0.15) is 5.82 Å². The van der Waals surface area contributed by atoms with Crippen LogP contribution in [-0.4, -0.2) is 16.6 Å². The quantitative estimate of drug-likeness (QED) is 0.845. The molecule has 0 saturated heterocycles. The molecule has 0 fully saturated rings. The predicted octanol–water partition coefficient (Wildman–Crippen LogP) is 2.60. The summed E-state index contributed by atoms with van der Waals surface area (Å²) in [6, 6.07) is 8.56. The van der Waals surface area contributed by atoms with E-state index < -0.39 is 0 Å². The average Bonchev–Trinajstić information content (AvgIpc) is 2.80. The van der Waals surface area contributed by atoms with Gasteiger partial charge >= 0.3 is 0 Å². The number of imidazole rings is 1. The Morgan fingerprint density at radius 2 is 2.00 bits per heavy atom. The number of aromatic nitrogens is 2. The zero-order valence-corrected chi connectivity index (χ0v) is 11.2. The number of rotatable bonds is 6. The van der Waals surface area contributed by atoms with Crippen LogP contribution in [0.25, 0.3) is 0 Å². The highest BCUT2D eigenvalue weighted by Crippen LogP contribution is 2.13. The molecule has 0 aliphatic carbocycles. The molecule has 3 heteroatoms. The van der Waals surface area contributed by atoms with Gasteiger partial charge in [-0.1, -0.05) is 31.2 Å². The van der Waals surface area contributed by atoms with Crippen LogP contribution in [0.3, 0.4) is 0 Å². The van der Waals surface area contributed by atoms with Crippen LogP contribution in [0.1, 0.15) is 30.3 Å². The smallest absolute Gasteiger partial charge is 0.113 e. The first-order chi connectivity index (χ1) is 8.85.